The quantitative estimate of drug-likeness (QED) is 0.587. The van der Waals surface area contributed by atoms with Gasteiger partial charge in [0.25, 0.3) is 0 Å². The summed E-state index contributed by atoms with van der Waals surface area (Å²) in [5.41, 5.74) is 4.15. The molecule has 156 valence electrons. The standard InChI is InChI=1S/C24H26ClN3O2/c1-15(2)16-3-6-20(7-4-16)27-24(30)18-11-23(29)28(14-18)10-9-17-13-26-22-8-5-19(25)12-21(17)22/h3-8,12-13,15,18,26H,9-11,14H2,1-2H3,(H,27,30)/t18-/m0/s1. The van der Waals surface area contributed by atoms with Gasteiger partial charge in [0, 0.05) is 47.3 Å². The maximum absolute atomic E-state index is 12.7. The summed E-state index contributed by atoms with van der Waals surface area (Å²) in [5.74, 6) is 0.0637. The molecule has 1 fully saturated rings. The Labute approximate surface area is 181 Å². The van der Waals surface area contributed by atoms with Crippen LogP contribution in [-0.2, 0) is 16.0 Å². The maximum atomic E-state index is 12.7. The number of likely N-dealkylation sites (tertiary alicyclic amines) is 1. The molecule has 2 amide bonds. The maximum Gasteiger partial charge on any atom is 0.229 e. The lowest BCUT2D eigenvalue weighted by Crippen LogP contribution is -2.30. The SMILES string of the molecule is CC(C)c1ccc(NC(=O)[C@H]2CC(=O)N(CCc3c[nH]c4ccc(Cl)cc34)C2)cc1. The van der Waals surface area contributed by atoms with Gasteiger partial charge < -0.3 is 15.2 Å². The summed E-state index contributed by atoms with van der Waals surface area (Å²) in [7, 11) is 0. The molecule has 0 spiro atoms. The van der Waals surface area contributed by atoms with Crippen LogP contribution in [0.5, 0.6) is 0 Å². The van der Waals surface area contributed by atoms with Crippen LogP contribution >= 0.6 is 11.6 Å². The smallest absolute Gasteiger partial charge is 0.229 e. The molecule has 2 N–H and O–H groups in total. The van der Waals surface area contributed by atoms with Crippen molar-refractivity contribution >= 4 is 40.0 Å². The number of anilines is 1. The van der Waals surface area contributed by atoms with Gasteiger partial charge in [0.2, 0.25) is 11.8 Å². The summed E-state index contributed by atoms with van der Waals surface area (Å²) >= 11 is 6.12. The monoisotopic (exact) mass is 423 g/mol. The Hall–Kier alpha value is -2.79. The minimum atomic E-state index is -0.320. The fourth-order valence-corrected chi connectivity index (χ4v) is 4.14. The Balaban J connectivity index is 1.35. The Bertz CT molecular complexity index is 1070. The van der Waals surface area contributed by atoms with E-state index in [4.69, 9.17) is 11.6 Å². The molecule has 30 heavy (non-hydrogen) atoms. The van der Waals surface area contributed by atoms with E-state index in [-0.39, 0.29) is 24.2 Å². The first-order valence-corrected chi connectivity index (χ1v) is 10.7. The summed E-state index contributed by atoms with van der Waals surface area (Å²) in [5, 5.41) is 4.72. The fraction of sp³-hybridized carbons (Fsp3) is 0.333. The molecule has 1 aliphatic heterocycles. The lowest BCUT2D eigenvalue weighted by atomic mass is 10.0. The topological polar surface area (TPSA) is 65.2 Å². The van der Waals surface area contributed by atoms with E-state index < -0.39 is 0 Å². The van der Waals surface area contributed by atoms with Crippen molar-refractivity contribution in [2.75, 3.05) is 18.4 Å². The van der Waals surface area contributed by atoms with Crippen LogP contribution in [0, 0.1) is 5.92 Å². The average molecular weight is 424 g/mol. The molecule has 0 radical (unpaired) electrons. The minimum Gasteiger partial charge on any atom is -0.361 e. The third-order valence-electron chi connectivity index (χ3n) is 5.81. The molecular formula is C24H26ClN3O2. The van der Waals surface area contributed by atoms with E-state index in [9.17, 15) is 9.59 Å². The Kier molecular flexibility index (Phi) is 5.82. The van der Waals surface area contributed by atoms with E-state index in [0.717, 1.165) is 28.6 Å². The molecule has 1 atom stereocenters. The molecule has 6 heteroatoms. The number of nitrogens with zero attached hydrogens (tertiary/aromatic N) is 1. The molecule has 1 aromatic heterocycles. The molecule has 1 saturated heterocycles. The second-order valence-corrected chi connectivity index (χ2v) is 8.70. The number of nitrogens with one attached hydrogen (secondary N) is 2. The molecule has 2 heterocycles. The van der Waals surface area contributed by atoms with E-state index in [1.54, 1.807) is 4.90 Å². The number of carbonyl (C=O) groups is 2. The minimum absolute atomic E-state index is 0.0307. The Morgan fingerprint density at radius 2 is 2.00 bits per heavy atom. The molecule has 5 nitrogen and oxygen atoms in total. The number of rotatable bonds is 6. The van der Waals surface area contributed by atoms with E-state index in [2.05, 4.69) is 24.1 Å². The number of aromatic amines is 1. The van der Waals surface area contributed by atoms with Crippen molar-refractivity contribution in [3.8, 4) is 0 Å². The first kappa shape index (κ1) is 20.5. The highest BCUT2D eigenvalue weighted by Gasteiger charge is 2.34. The largest absolute Gasteiger partial charge is 0.361 e. The second kappa shape index (κ2) is 8.52. The van der Waals surface area contributed by atoms with Gasteiger partial charge in [-0.3, -0.25) is 9.59 Å². The highest BCUT2D eigenvalue weighted by Crippen LogP contribution is 2.25. The molecule has 1 aliphatic rings. The van der Waals surface area contributed by atoms with E-state index in [1.165, 1.54) is 5.56 Å². The van der Waals surface area contributed by atoms with Crippen molar-refractivity contribution in [3.63, 3.8) is 0 Å². The summed E-state index contributed by atoms with van der Waals surface area (Å²) in [6.07, 6.45) is 2.94. The summed E-state index contributed by atoms with van der Waals surface area (Å²) in [6, 6.07) is 13.6. The van der Waals surface area contributed by atoms with Crippen LogP contribution in [0.4, 0.5) is 5.69 Å². The summed E-state index contributed by atoms with van der Waals surface area (Å²) in [6.45, 7) is 5.32. The molecule has 2 aromatic carbocycles. The highest BCUT2D eigenvalue weighted by molar-refractivity contribution is 6.31. The van der Waals surface area contributed by atoms with Gasteiger partial charge >= 0.3 is 0 Å². The van der Waals surface area contributed by atoms with E-state index >= 15 is 0 Å². The third-order valence-corrected chi connectivity index (χ3v) is 6.05. The van der Waals surface area contributed by atoms with Crippen LogP contribution in [0.15, 0.2) is 48.7 Å². The van der Waals surface area contributed by atoms with Crippen LogP contribution in [0.1, 0.15) is 37.3 Å². The van der Waals surface area contributed by atoms with Crippen molar-refractivity contribution in [1.29, 1.82) is 0 Å². The Morgan fingerprint density at radius 1 is 1.23 bits per heavy atom. The van der Waals surface area contributed by atoms with Crippen molar-refractivity contribution < 1.29 is 9.59 Å². The number of hydrogen-bond acceptors (Lipinski definition) is 2. The van der Waals surface area contributed by atoms with Gasteiger partial charge in [-0.1, -0.05) is 37.6 Å². The number of H-pyrrole nitrogens is 1. The molecule has 4 rings (SSSR count). The normalized spacial score (nSPS) is 16.6. The van der Waals surface area contributed by atoms with Gasteiger partial charge in [-0.25, -0.2) is 0 Å². The van der Waals surface area contributed by atoms with E-state index in [0.29, 0.717) is 24.0 Å². The van der Waals surface area contributed by atoms with Crippen molar-refractivity contribution in [2.45, 2.75) is 32.6 Å². The van der Waals surface area contributed by atoms with Gasteiger partial charge in [0.1, 0.15) is 0 Å². The molecule has 0 bridgehead atoms. The fourth-order valence-electron chi connectivity index (χ4n) is 3.97. The number of aromatic nitrogens is 1. The van der Waals surface area contributed by atoms with Gasteiger partial charge in [-0.2, -0.15) is 0 Å². The van der Waals surface area contributed by atoms with Crippen LogP contribution in [0.3, 0.4) is 0 Å². The van der Waals surface area contributed by atoms with E-state index in [1.807, 2.05) is 48.7 Å². The number of hydrogen-bond donors (Lipinski definition) is 2. The third kappa shape index (κ3) is 4.36. The number of benzene rings is 2. The van der Waals surface area contributed by atoms with Crippen LogP contribution in [-0.4, -0.2) is 34.8 Å². The predicted molar refractivity (Wildman–Crippen MR) is 121 cm³/mol. The molecule has 0 unspecified atom stereocenters. The second-order valence-electron chi connectivity index (χ2n) is 8.26. The summed E-state index contributed by atoms with van der Waals surface area (Å²) < 4.78 is 0. The van der Waals surface area contributed by atoms with Gasteiger partial charge in [0.05, 0.1) is 5.92 Å². The van der Waals surface area contributed by atoms with Gasteiger partial charge in [-0.15, -0.1) is 0 Å². The average Bonchev–Trinajstić information content (AvgIpc) is 3.29. The lowest BCUT2D eigenvalue weighted by Gasteiger charge is -2.16. The van der Waals surface area contributed by atoms with Crippen LogP contribution < -0.4 is 5.32 Å². The zero-order chi connectivity index (χ0) is 21.3. The van der Waals surface area contributed by atoms with Crippen molar-refractivity contribution in [2.24, 2.45) is 5.92 Å². The van der Waals surface area contributed by atoms with Crippen molar-refractivity contribution in [3.05, 3.63) is 64.8 Å². The predicted octanol–water partition coefficient (Wildman–Crippen LogP) is 4.97. The molecule has 0 saturated carbocycles. The first-order chi connectivity index (χ1) is 14.4. The highest BCUT2D eigenvalue weighted by atomic mass is 35.5. The molecular weight excluding hydrogens is 398 g/mol. The van der Waals surface area contributed by atoms with Crippen LogP contribution in [0.25, 0.3) is 10.9 Å². The zero-order valence-electron chi connectivity index (χ0n) is 17.2. The number of carbonyl (C=O) groups excluding carboxylic acids is 2. The number of amides is 2. The lowest BCUT2D eigenvalue weighted by molar-refractivity contribution is -0.128. The Morgan fingerprint density at radius 3 is 2.73 bits per heavy atom. The number of fused-ring (bicyclic) bond motifs is 1. The van der Waals surface area contributed by atoms with Crippen LogP contribution in [0.2, 0.25) is 5.02 Å². The first-order valence-electron chi connectivity index (χ1n) is 10.3. The number of halogens is 1. The molecule has 0 aliphatic carbocycles. The molecule has 3 aromatic rings. The van der Waals surface area contributed by atoms with Crippen molar-refractivity contribution in [1.82, 2.24) is 9.88 Å². The van der Waals surface area contributed by atoms with Gasteiger partial charge in [-0.05, 0) is 53.8 Å². The van der Waals surface area contributed by atoms with Gasteiger partial charge in [0.15, 0.2) is 0 Å². The summed E-state index contributed by atoms with van der Waals surface area (Å²) in [4.78, 5) is 30.1. The zero-order valence-corrected chi connectivity index (χ0v) is 18.0.